The van der Waals surface area contributed by atoms with E-state index in [9.17, 15) is 14.9 Å². The highest BCUT2D eigenvalue weighted by molar-refractivity contribution is 6.19. The minimum atomic E-state index is -1.51. The molecule has 0 saturated carbocycles. The molecule has 148 valence electrons. The molecule has 5 rings (SSSR count). The third-order valence-corrected chi connectivity index (χ3v) is 6.21. The van der Waals surface area contributed by atoms with Crippen LogP contribution in [0.4, 0.5) is 11.4 Å². The fourth-order valence-electron chi connectivity index (χ4n) is 5.05. The summed E-state index contributed by atoms with van der Waals surface area (Å²) in [5, 5.41) is 13.1. The molecule has 0 radical (unpaired) electrons. The minimum absolute atomic E-state index is 0.0930. The number of para-hydroxylation sites is 2. The van der Waals surface area contributed by atoms with Crippen LogP contribution in [0.5, 0.6) is 0 Å². The summed E-state index contributed by atoms with van der Waals surface area (Å²) in [5.41, 5.74) is 8.23. The summed E-state index contributed by atoms with van der Waals surface area (Å²) in [6, 6.07) is 18.8. The molecule has 1 spiro atoms. The SMILES string of the molecule is C[C@@H]1CC(=O)C2=C(C1)N(c1ccccc1)C(N)=C(C#N)[C@]21C(=O)Nc2ccccc21. The van der Waals surface area contributed by atoms with Gasteiger partial charge in [-0.1, -0.05) is 43.3 Å². The number of hydrogen-bond donors (Lipinski definition) is 2. The van der Waals surface area contributed by atoms with Crippen LogP contribution < -0.4 is 16.0 Å². The Morgan fingerprint density at radius 2 is 1.80 bits per heavy atom. The number of rotatable bonds is 1. The lowest BCUT2D eigenvalue weighted by atomic mass is 9.63. The lowest BCUT2D eigenvalue weighted by Gasteiger charge is -2.44. The van der Waals surface area contributed by atoms with Crippen molar-refractivity contribution >= 4 is 23.1 Å². The van der Waals surface area contributed by atoms with E-state index < -0.39 is 11.3 Å². The van der Waals surface area contributed by atoms with Gasteiger partial charge in [0.25, 0.3) is 0 Å². The van der Waals surface area contributed by atoms with E-state index in [1.165, 1.54) is 0 Å². The van der Waals surface area contributed by atoms with Gasteiger partial charge in [-0.05, 0) is 30.5 Å². The average Bonchev–Trinajstić information content (AvgIpc) is 3.01. The highest BCUT2D eigenvalue weighted by atomic mass is 16.2. The van der Waals surface area contributed by atoms with Crippen LogP contribution in [-0.2, 0) is 15.0 Å². The van der Waals surface area contributed by atoms with Crippen molar-refractivity contribution in [2.75, 3.05) is 10.2 Å². The van der Waals surface area contributed by atoms with E-state index in [2.05, 4.69) is 11.4 Å². The Balaban J connectivity index is 1.90. The molecule has 0 aromatic heterocycles. The van der Waals surface area contributed by atoms with Crippen LogP contribution in [0.2, 0.25) is 0 Å². The van der Waals surface area contributed by atoms with Crippen LogP contribution >= 0.6 is 0 Å². The van der Waals surface area contributed by atoms with Crippen LogP contribution in [0.3, 0.4) is 0 Å². The molecule has 2 aromatic rings. The van der Waals surface area contributed by atoms with Crippen molar-refractivity contribution in [3.8, 4) is 6.07 Å². The van der Waals surface area contributed by atoms with Crippen LogP contribution in [0.25, 0.3) is 0 Å². The minimum Gasteiger partial charge on any atom is -0.384 e. The van der Waals surface area contributed by atoms with Crippen molar-refractivity contribution < 1.29 is 9.59 Å². The first kappa shape index (κ1) is 18.2. The fourth-order valence-corrected chi connectivity index (χ4v) is 5.05. The third kappa shape index (κ3) is 2.17. The van der Waals surface area contributed by atoms with Gasteiger partial charge in [0, 0.05) is 34.6 Å². The molecule has 2 atom stereocenters. The second-order valence-electron chi connectivity index (χ2n) is 8.05. The predicted octanol–water partition coefficient (Wildman–Crippen LogP) is 3.34. The van der Waals surface area contributed by atoms with Gasteiger partial charge in [0.2, 0.25) is 5.91 Å². The van der Waals surface area contributed by atoms with E-state index in [0.717, 1.165) is 5.69 Å². The van der Waals surface area contributed by atoms with E-state index in [-0.39, 0.29) is 23.1 Å². The van der Waals surface area contributed by atoms with E-state index in [1.807, 2.05) is 49.4 Å². The number of amides is 1. The highest BCUT2D eigenvalue weighted by Crippen LogP contribution is 2.55. The van der Waals surface area contributed by atoms with E-state index in [0.29, 0.717) is 35.4 Å². The quantitative estimate of drug-likeness (QED) is 0.770. The number of carbonyl (C=O) groups excluding carboxylic acids is 2. The van der Waals surface area contributed by atoms with Crippen molar-refractivity contribution in [1.29, 1.82) is 5.26 Å². The average molecular weight is 396 g/mol. The Kier molecular flexibility index (Phi) is 3.84. The van der Waals surface area contributed by atoms with Gasteiger partial charge in [0.1, 0.15) is 17.3 Å². The number of nitrogens with two attached hydrogens (primary N) is 1. The summed E-state index contributed by atoms with van der Waals surface area (Å²) < 4.78 is 0. The number of nitrogens with zero attached hydrogens (tertiary/aromatic N) is 2. The van der Waals surface area contributed by atoms with Gasteiger partial charge in [-0.25, -0.2) is 0 Å². The lowest BCUT2D eigenvalue weighted by Crippen LogP contribution is -2.51. The summed E-state index contributed by atoms with van der Waals surface area (Å²) in [4.78, 5) is 28.7. The number of Topliss-reactive ketones (excluding diaryl/α,β-unsaturated/α-hetero) is 1. The van der Waals surface area contributed by atoms with Crippen molar-refractivity contribution in [3.05, 3.63) is 82.8 Å². The molecular formula is C24H20N4O2. The second-order valence-corrected chi connectivity index (χ2v) is 8.05. The van der Waals surface area contributed by atoms with Gasteiger partial charge in [-0.15, -0.1) is 0 Å². The summed E-state index contributed by atoms with van der Waals surface area (Å²) in [5.74, 6) is -0.213. The Labute approximate surface area is 174 Å². The molecule has 3 aliphatic rings. The number of ketones is 1. The molecule has 30 heavy (non-hydrogen) atoms. The lowest BCUT2D eigenvalue weighted by molar-refractivity contribution is -0.123. The number of anilines is 2. The Morgan fingerprint density at radius 1 is 1.10 bits per heavy atom. The number of carbonyl (C=O) groups is 2. The summed E-state index contributed by atoms with van der Waals surface area (Å²) in [7, 11) is 0. The fraction of sp³-hybridized carbons (Fsp3) is 0.208. The Morgan fingerprint density at radius 3 is 2.53 bits per heavy atom. The van der Waals surface area contributed by atoms with Gasteiger partial charge in [0.05, 0.1) is 5.57 Å². The molecule has 1 amide bonds. The van der Waals surface area contributed by atoms with Gasteiger partial charge in [-0.2, -0.15) is 5.26 Å². The molecule has 0 unspecified atom stereocenters. The Hall–Kier alpha value is -3.85. The van der Waals surface area contributed by atoms with Gasteiger partial charge < -0.3 is 11.1 Å². The zero-order valence-electron chi connectivity index (χ0n) is 16.5. The number of nitriles is 1. The second kappa shape index (κ2) is 6.33. The molecule has 0 saturated heterocycles. The predicted molar refractivity (Wildman–Crippen MR) is 113 cm³/mol. The number of benzene rings is 2. The molecule has 0 fully saturated rings. The molecule has 3 N–H and O–H groups in total. The zero-order valence-corrected chi connectivity index (χ0v) is 16.5. The van der Waals surface area contributed by atoms with Gasteiger partial charge in [-0.3, -0.25) is 14.5 Å². The summed E-state index contributed by atoms with van der Waals surface area (Å²) in [6.45, 7) is 2.01. The highest BCUT2D eigenvalue weighted by Gasteiger charge is 2.60. The maximum Gasteiger partial charge on any atom is 0.245 e. The molecule has 2 aliphatic heterocycles. The maximum absolute atomic E-state index is 13.5. The maximum atomic E-state index is 13.5. The standard InChI is InChI=1S/C24H20N4O2/c1-14-11-19-21(20(29)12-14)24(16-9-5-6-10-18(16)27-23(24)30)17(13-25)22(26)28(19)15-7-3-2-4-8-15/h2-10,14H,11-12,26H2,1H3,(H,27,30)/t14-,24-/m0/s1. The van der Waals surface area contributed by atoms with E-state index in [4.69, 9.17) is 5.73 Å². The van der Waals surface area contributed by atoms with E-state index >= 15 is 0 Å². The smallest absolute Gasteiger partial charge is 0.245 e. The van der Waals surface area contributed by atoms with Crippen molar-refractivity contribution in [2.24, 2.45) is 11.7 Å². The number of allylic oxidation sites excluding steroid dienone is 1. The normalized spacial score (nSPS) is 25.2. The summed E-state index contributed by atoms with van der Waals surface area (Å²) >= 11 is 0. The third-order valence-electron chi connectivity index (χ3n) is 6.21. The number of nitrogens with one attached hydrogen (secondary N) is 1. The van der Waals surface area contributed by atoms with Crippen LogP contribution in [-0.4, -0.2) is 11.7 Å². The van der Waals surface area contributed by atoms with Crippen LogP contribution in [0.1, 0.15) is 25.3 Å². The first-order valence-corrected chi connectivity index (χ1v) is 9.93. The first-order valence-electron chi connectivity index (χ1n) is 9.93. The van der Waals surface area contributed by atoms with E-state index in [1.54, 1.807) is 17.0 Å². The van der Waals surface area contributed by atoms with Crippen molar-refractivity contribution in [2.45, 2.75) is 25.2 Å². The molecule has 1 aliphatic carbocycles. The zero-order chi connectivity index (χ0) is 21.0. The molecule has 2 heterocycles. The number of hydrogen-bond acceptors (Lipinski definition) is 5. The Bertz CT molecular complexity index is 1210. The molecule has 2 aromatic carbocycles. The summed E-state index contributed by atoms with van der Waals surface area (Å²) in [6.07, 6.45) is 0.920. The largest absolute Gasteiger partial charge is 0.384 e. The monoisotopic (exact) mass is 396 g/mol. The van der Waals surface area contributed by atoms with Crippen molar-refractivity contribution in [3.63, 3.8) is 0 Å². The molecule has 0 bridgehead atoms. The number of fused-ring (bicyclic) bond motifs is 3. The molecule has 6 nitrogen and oxygen atoms in total. The van der Waals surface area contributed by atoms with Crippen molar-refractivity contribution in [1.82, 2.24) is 0 Å². The van der Waals surface area contributed by atoms with Crippen LogP contribution in [0, 0.1) is 17.2 Å². The van der Waals surface area contributed by atoms with Gasteiger partial charge in [0.15, 0.2) is 5.78 Å². The molecular weight excluding hydrogens is 376 g/mol. The topological polar surface area (TPSA) is 99.2 Å². The van der Waals surface area contributed by atoms with Crippen LogP contribution in [0.15, 0.2) is 77.3 Å². The molecule has 6 heteroatoms. The van der Waals surface area contributed by atoms with Gasteiger partial charge >= 0.3 is 0 Å². The first-order chi connectivity index (χ1) is 14.5.